The number of aliphatic hydroxyl groups is 3. The number of halogens is 1. The van der Waals surface area contributed by atoms with Crippen LogP contribution in [0.2, 0.25) is 5.28 Å². The van der Waals surface area contributed by atoms with Crippen LogP contribution in [0.5, 0.6) is 0 Å². The molecular weight excluding hydrogens is 298 g/mol. The summed E-state index contributed by atoms with van der Waals surface area (Å²) in [5.41, 5.74) is 5.97. The predicted molar refractivity (Wildman–Crippen MR) is 73.4 cm³/mol. The molecule has 2 aliphatic carbocycles. The summed E-state index contributed by atoms with van der Waals surface area (Å²) >= 11 is 5.83. The molecule has 0 bridgehead atoms. The Bertz CT molecular complexity index is 737. The first kappa shape index (κ1) is 13.2. The summed E-state index contributed by atoms with van der Waals surface area (Å²) in [6.07, 6.45) is 0.201. The lowest BCUT2D eigenvalue weighted by Crippen LogP contribution is -2.35. The highest BCUT2D eigenvalue weighted by atomic mass is 35.5. The van der Waals surface area contributed by atoms with Gasteiger partial charge >= 0.3 is 0 Å². The summed E-state index contributed by atoms with van der Waals surface area (Å²) in [5.74, 6) is 0.140. The fourth-order valence-corrected chi connectivity index (χ4v) is 3.85. The standard InChI is InChI=1S/C12H14ClN5O3/c13-11-16-9(14)5-10(17-11)18(3-15-5)6-4-1-12(4,2-19)8(21)7(6)20/h3-4,6-8,19-21H,1-2H2,(H2,14,16,17)/t4-,6?,7?,8?,12?/m1/s1. The van der Waals surface area contributed by atoms with Gasteiger partial charge in [0.05, 0.1) is 25.1 Å². The van der Waals surface area contributed by atoms with Crippen molar-refractivity contribution < 1.29 is 15.3 Å². The molecule has 2 aromatic heterocycles. The molecule has 2 heterocycles. The zero-order valence-corrected chi connectivity index (χ0v) is 11.6. The topological polar surface area (TPSA) is 130 Å². The third-order valence-electron chi connectivity index (χ3n) is 4.89. The molecule has 4 unspecified atom stereocenters. The molecular formula is C12H14ClN5O3. The Morgan fingerprint density at radius 2 is 2.19 bits per heavy atom. The van der Waals surface area contributed by atoms with Gasteiger partial charge in [-0.15, -0.1) is 0 Å². The van der Waals surface area contributed by atoms with Crippen LogP contribution in [-0.2, 0) is 0 Å². The second kappa shape index (κ2) is 4.04. The number of imidazole rings is 1. The van der Waals surface area contributed by atoms with E-state index in [-0.39, 0.29) is 23.6 Å². The fraction of sp³-hybridized carbons (Fsp3) is 0.583. The highest BCUT2D eigenvalue weighted by Crippen LogP contribution is 2.67. The van der Waals surface area contributed by atoms with E-state index in [0.717, 1.165) is 0 Å². The van der Waals surface area contributed by atoms with Crippen molar-refractivity contribution in [3.8, 4) is 0 Å². The van der Waals surface area contributed by atoms with Crippen LogP contribution in [-0.4, -0.2) is 53.7 Å². The normalized spacial score (nSPS) is 37.9. The average Bonchev–Trinajstić information content (AvgIpc) is 2.97. The van der Waals surface area contributed by atoms with E-state index in [1.807, 2.05) is 0 Å². The van der Waals surface area contributed by atoms with E-state index < -0.39 is 23.7 Å². The average molecular weight is 312 g/mol. The molecule has 21 heavy (non-hydrogen) atoms. The molecule has 112 valence electrons. The van der Waals surface area contributed by atoms with Crippen LogP contribution in [0.1, 0.15) is 12.5 Å². The van der Waals surface area contributed by atoms with Gasteiger partial charge in [-0.25, -0.2) is 4.98 Å². The molecule has 0 spiro atoms. The largest absolute Gasteiger partial charge is 0.396 e. The number of anilines is 1. The maximum atomic E-state index is 10.3. The first-order chi connectivity index (χ1) is 9.99. The van der Waals surface area contributed by atoms with Gasteiger partial charge in [0.1, 0.15) is 11.6 Å². The lowest BCUT2D eigenvalue weighted by molar-refractivity contribution is -0.0300. The van der Waals surface area contributed by atoms with Gasteiger partial charge < -0.3 is 25.6 Å². The Balaban J connectivity index is 1.85. The van der Waals surface area contributed by atoms with Crippen molar-refractivity contribution in [2.24, 2.45) is 11.3 Å². The molecule has 4 rings (SSSR count). The van der Waals surface area contributed by atoms with Crippen molar-refractivity contribution in [1.29, 1.82) is 0 Å². The number of nitrogen functional groups attached to an aromatic ring is 1. The third kappa shape index (κ3) is 1.53. The van der Waals surface area contributed by atoms with Crippen LogP contribution in [0.15, 0.2) is 6.33 Å². The monoisotopic (exact) mass is 311 g/mol. The molecule has 0 saturated heterocycles. The quantitative estimate of drug-likeness (QED) is 0.541. The Hall–Kier alpha value is -1.48. The molecule has 5 N–H and O–H groups in total. The highest BCUT2D eigenvalue weighted by Gasteiger charge is 2.71. The summed E-state index contributed by atoms with van der Waals surface area (Å²) in [4.78, 5) is 12.1. The molecule has 0 aromatic carbocycles. The highest BCUT2D eigenvalue weighted by molar-refractivity contribution is 6.28. The molecule has 8 nitrogen and oxygen atoms in total. The Morgan fingerprint density at radius 3 is 2.86 bits per heavy atom. The maximum absolute atomic E-state index is 10.3. The number of nitrogens with two attached hydrogens (primary N) is 1. The van der Waals surface area contributed by atoms with E-state index >= 15 is 0 Å². The van der Waals surface area contributed by atoms with Crippen molar-refractivity contribution in [2.75, 3.05) is 12.3 Å². The number of aromatic nitrogens is 4. The summed E-state index contributed by atoms with van der Waals surface area (Å²) in [6.45, 7) is -0.156. The number of nitrogens with zero attached hydrogens (tertiary/aromatic N) is 4. The van der Waals surface area contributed by atoms with Gasteiger partial charge in [0.2, 0.25) is 5.28 Å². The van der Waals surface area contributed by atoms with E-state index in [9.17, 15) is 15.3 Å². The van der Waals surface area contributed by atoms with Crippen LogP contribution >= 0.6 is 11.6 Å². The first-order valence-corrected chi connectivity index (χ1v) is 7.00. The van der Waals surface area contributed by atoms with Gasteiger partial charge in [0.15, 0.2) is 11.5 Å². The van der Waals surface area contributed by atoms with Crippen LogP contribution in [0.25, 0.3) is 11.2 Å². The molecule has 2 aliphatic rings. The molecule has 2 fully saturated rings. The Labute approximate surface area is 124 Å². The van der Waals surface area contributed by atoms with E-state index in [0.29, 0.717) is 17.6 Å². The van der Waals surface area contributed by atoms with Crippen molar-refractivity contribution in [3.63, 3.8) is 0 Å². The lowest BCUT2D eigenvalue weighted by atomic mass is 10.0. The first-order valence-electron chi connectivity index (χ1n) is 6.62. The summed E-state index contributed by atoms with van der Waals surface area (Å²) in [5, 5.41) is 30.0. The number of hydrogen-bond donors (Lipinski definition) is 4. The number of aliphatic hydroxyl groups excluding tert-OH is 3. The maximum Gasteiger partial charge on any atom is 0.226 e. The minimum absolute atomic E-state index is 0.000923. The Kier molecular flexibility index (Phi) is 2.54. The SMILES string of the molecule is Nc1nc(Cl)nc2c1ncn2C1C(O)C(O)C2(CO)C[C@H]12. The van der Waals surface area contributed by atoms with Crippen molar-refractivity contribution >= 4 is 28.6 Å². The van der Waals surface area contributed by atoms with Crippen LogP contribution in [0.4, 0.5) is 5.82 Å². The van der Waals surface area contributed by atoms with Gasteiger partial charge in [0, 0.05) is 5.41 Å². The fourth-order valence-electron chi connectivity index (χ4n) is 3.68. The van der Waals surface area contributed by atoms with Crippen molar-refractivity contribution in [3.05, 3.63) is 11.6 Å². The van der Waals surface area contributed by atoms with Crippen LogP contribution < -0.4 is 5.73 Å². The van der Waals surface area contributed by atoms with E-state index in [4.69, 9.17) is 17.3 Å². The molecule has 2 saturated carbocycles. The van der Waals surface area contributed by atoms with Gasteiger partial charge in [-0.05, 0) is 23.9 Å². The minimum atomic E-state index is -0.997. The lowest BCUT2D eigenvalue weighted by Gasteiger charge is -2.23. The number of rotatable bonds is 2. The third-order valence-corrected chi connectivity index (χ3v) is 5.06. The van der Waals surface area contributed by atoms with E-state index in [2.05, 4.69) is 15.0 Å². The van der Waals surface area contributed by atoms with Crippen molar-refractivity contribution in [2.45, 2.75) is 24.7 Å². The van der Waals surface area contributed by atoms with Gasteiger partial charge in [-0.2, -0.15) is 9.97 Å². The van der Waals surface area contributed by atoms with Gasteiger partial charge in [-0.3, -0.25) is 0 Å². The van der Waals surface area contributed by atoms with Gasteiger partial charge in [-0.1, -0.05) is 0 Å². The smallest absolute Gasteiger partial charge is 0.226 e. The second-order valence-corrected chi connectivity index (χ2v) is 6.17. The van der Waals surface area contributed by atoms with Crippen LogP contribution in [0.3, 0.4) is 0 Å². The summed E-state index contributed by atoms with van der Waals surface area (Å²) in [7, 11) is 0. The predicted octanol–water partition coefficient (Wildman–Crippen LogP) is -0.663. The van der Waals surface area contributed by atoms with Gasteiger partial charge in [0.25, 0.3) is 0 Å². The second-order valence-electron chi connectivity index (χ2n) is 5.83. The molecule has 0 radical (unpaired) electrons. The molecule has 9 heteroatoms. The Morgan fingerprint density at radius 1 is 1.43 bits per heavy atom. The molecule has 0 aliphatic heterocycles. The zero-order chi connectivity index (χ0) is 14.9. The minimum Gasteiger partial charge on any atom is -0.396 e. The zero-order valence-electron chi connectivity index (χ0n) is 10.9. The van der Waals surface area contributed by atoms with Crippen LogP contribution in [0, 0.1) is 11.3 Å². The van der Waals surface area contributed by atoms with E-state index in [1.54, 1.807) is 4.57 Å². The number of fused-ring (bicyclic) bond motifs is 2. The van der Waals surface area contributed by atoms with Crippen molar-refractivity contribution in [1.82, 2.24) is 19.5 Å². The molecule has 5 atom stereocenters. The summed E-state index contributed by atoms with van der Waals surface area (Å²) in [6, 6.07) is -0.414. The summed E-state index contributed by atoms with van der Waals surface area (Å²) < 4.78 is 1.67. The van der Waals surface area contributed by atoms with E-state index in [1.165, 1.54) is 6.33 Å². The number of hydrogen-bond acceptors (Lipinski definition) is 7. The molecule has 0 amide bonds. The molecule has 2 aromatic rings.